The van der Waals surface area contributed by atoms with Crippen LogP contribution in [0.25, 0.3) is 33.1 Å². The van der Waals surface area contributed by atoms with Crippen molar-refractivity contribution in [1.82, 2.24) is 4.57 Å². The zero-order valence-electron chi connectivity index (χ0n) is 17.3. The first kappa shape index (κ1) is 16.9. The van der Waals surface area contributed by atoms with Crippen LogP contribution in [0.1, 0.15) is 37.8 Å². The van der Waals surface area contributed by atoms with Crippen molar-refractivity contribution in [1.29, 1.82) is 0 Å². The van der Waals surface area contributed by atoms with E-state index in [-0.39, 0.29) is 5.41 Å². The van der Waals surface area contributed by atoms with Crippen LogP contribution in [0.3, 0.4) is 0 Å². The largest absolute Gasteiger partial charge is 0.309 e. The van der Waals surface area contributed by atoms with Crippen molar-refractivity contribution in [3.8, 4) is 5.69 Å². The number of fused-ring (bicyclic) bond motifs is 5. The average molecular weight is 373 g/mol. The van der Waals surface area contributed by atoms with Crippen molar-refractivity contribution in [2.75, 3.05) is 0 Å². The molecule has 0 unspecified atom stereocenters. The van der Waals surface area contributed by atoms with Gasteiger partial charge in [-0.2, -0.15) is 0 Å². The van der Waals surface area contributed by atoms with E-state index in [1.807, 2.05) is 0 Å². The lowest BCUT2D eigenvalue weighted by atomic mass is 9.78. The molecule has 29 heavy (non-hydrogen) atoms. The molecule has 0 saturated carbocycles. The molecule has 6 rings (SSSR count). The maximum absolute atomic E-state index is 2.47. The number of hydrogen-bond donors (Lipinski definition) is 0. The summed E-state index contributed by atoms with van der Waals surface area (Å²) in [5.41, 5.74) is 11.2. The Kier molecular flexibility index (Phi) is 3.36. The lowest BCUT2D eigenvalue weighted by Crippen LogP contribution is -2.17. The van der Waals surface area contributed by atoms with Crippen molar-refractivity contribution in [2.45, 2.75) is 32.1 Å². The fourth-order valence-electron chi connectivity index (χ4n) is 5.50. The lowest BCUT2D eigenvalue weighted by Gasteiger charge is -2.25. The van der Waals surface area contributed by atoms with Gasteiger partial charge >= 0.3 is 0 Å². The van der Waals surface area contributed by atoms with E-state index >= 15 is 0 Å². The van der Waals surface area contributed by atoms with Gasteiger partial charge in [0.1, 0.15) is 7.85 Å². The molecule has 0 aliphatic heterocycles. The van der Waals surface area contributed by atoms with E-state index < -0.39 is 0 Å². The zero-order valence-corrected chi connectivity index (χ0v) is 17.3. The van der Waals surface area contributed by atoms with Gasteiger partial charge in [0.05, 0.1) is 11.0 Å². The molecule has 0 radical (unpaired) electrons. The smallest absolute Gasteiger partial charge is 0.139 e. The second-order valence-corrected chi connectivity index (χ2v) is 9.06. The minimum atomic E-state index is 0.0947. The van der Waals surface area contributed by atoms with Gasteiger partial charge in [0.15, 0.2) is 0 Å². The molecule has 2 heteroatoms. The number of benzene rings is 3. The topological polar surface area (TPSA) is 4.93 Å². The van der Waals surface area contributed by atoms with Gasteiger partial charge < -0.3 is 4.57 Å². The van der Waals surface area contributed by atoms with Crippen molar-refractivity contribution < 1.29 is 0 Å². The first-order valence-electron chi connectivity index (χ1n) is 10.6. The van der Waals surface area contributed by atoms with Gasteiger partial charge in [0.25, 0.3) is 0 Å². The second-order valence-electron chi connectivity index (χ2n) is 9.06. The monoisotopic (exact) mass is 373 g/mol. The molecule has 3 aromatic carbocycles. The van der Waals surface area contributed by atoms with Gasteiger partial charge in [-0.1, -0.05) is 67.4 Å². The molecule has 2 aliphatic rings. The van der Waals surface area contributed by atoms with Gasteiger partial charge in [-0.05, 0) is 59.9 Å². The summed E-state index contributed by atoms with van der Waals surface area (Å²) in [4.78, 5) is 0. The maximum atomic E-state index is 2.47. The van der Waals surface area contributed by atoms with Gasteiger partial charge in [0, 0.05) is 21.9 Å². The highest BCUT2D eigenvalue weighted by molar-refractivity contribution is 6.34. The van der Waals surface area contributed by atoms with E-state index in [2.05, 4.69) is 99.1 Å². The summed E-state index contributed by atoms with van der Waals surface area (Å²) in [5, 5.41) is 2.70. The van der Waals surface area contributed by atoms with Crippen LogP contribution >= 0.6 is 0 Å². The van der Waals surface area contributed by atoms with Crippen LogP contribution in [-0.4, -0.2) is 12.4 Å². The normalized spacial score (nSPS) is 17.2. The molecular formula is C27H24BN. The summed E-state index contributed by atoms with van der Waals surface area (Å²) in [6.07, 6.45) is 7.04. The minimum Gasteiger partial charge on any atom is -0.309 e. The second kappa shape index (κ2) is 5.76. The van der Waals surface area contributed by atoms with Crippen LogP contribution in [0.2, 0.25) is 0 Å². The van der Waals surface area contributed by atoms with E-state index in [0.29, 0.717) is 0 Å². The van der Waals surface area contributed by atoms with Gasteiger partial charge in [-0.15, -0.1) is 0 Å². The van der Waals surface area contributed by atoms with Crippen molar-refractivity contribution in [2.24, 2.45) is 0 Å². The standard InChI is InChI=1S/C27H24BN/c1-27(2)23-11-7-6-10-19(23)20-15-22-21-14-17(28)12-13-25(21)29(26(22)16-24(20)27)18-8-4-3-5-9-18/h3-6,8-10,12-16H,7,11,28H2,1-2H3. The number of aromatic nitrogens is 1. The Morgan fingerprint density at radius 3 is 2.52 bits per heavy atom. The van der Waals surface area contributed by atoms with Crippen LogP contribution in [0.4, 0.5) is 0 Å². The Bertz CT molecular complexity index is 1370. The Morgan fingerprint density at radius 2 is 1.69 bits per heavy atom. The maximum Gasteiger partial charge on any atom is 0.139 e. The number of hydrogen-bond acceptors (Lipinski definition) is 0. The van der Waals surface area contributed by atoms with Gasteiger partial charge in [-0.25, -0.2) is 0 Å². The van der Waals surface area contributed by atoms with E-state index in [9.17, 15) is 0 Å². The Labute approximate surface area is 172 Å². The molecule has 0 saturated heterocycles. The Hall–Kier alpha value is -3.00. The molecule has 0 fully saturated rings. The number of nitrogens with zero attached hydrogens (tertiary/aromatic N) is 1. The molecule has 1 nitrogen and oxygen atoms in total. The third-order valence-electron chi connectivity index (χ3n) is 6.96. The number of allylic oxidation sites excluding steroid dienone is 4. The zero-order chi connectivity index (χ0) is 19.8. The van der Waals surface area contributed by atoms with Gasteiger partial charge in [0.2, 0.25) is 0 Å². The first-order chi connectivity index (χ1) is 14.1. The summed E-state index contributed by atoms with van der Waals surface area (Å²) in [7, 11) is 2.19. The fraction of sp³-hybridized carbons (Fsp3) is 0.185. The first-order valence-corrected chi connectivity index (χ1v) is 10.6. The van der Waals surface area contributed by atoms with Crippen molar-refractivity contribution >= 4 is 40.7 Å². The Morgan fingerprint density at radius 1 is 0.897 bits per heavy atom. The summed E-state index contributed by atoms with van der Waals surface area (Å²) in [5.74, 6) is 0. The summed E-state index contributed by atoms with van der Waals surface area (Å²) < 4.78 is 2.44. The van der Waals surface area contributed by atoms with Crippen molar-refractivity contribution in [3.05, 3.63) is 89.5 Å². The predicted octanol–water partition coefficient (Wildman–Crippen LogP) is 5.44. The number of rotatable bonds is 1. The van der Waals surface area contributed by atoms with E-state index in [0.717, 1.165) is 6.42 Å². The predicted molar refractivity (Wildman–Crippen MR) is 127 cm³/mol. The van der Waals surface area contributed by atoms with E-state index in [4.69, 9.17) is 0 Å². The van der Waals surface area contributed by atoms with Gasteiger partial charge in [-0.3, -0.25) is 0 Å². The fourth-order valence-corrected chi connectivity index (χ4v) is 5.50. The van der Waals surface area contributed by atoms with Crippen molar-refractivity contribution in [3.63, 3.8) is 0 Å². The summed E-state index contributed by atoms with van der Waals surface area (Å²) in [6, 6.07) is 22.5. The molecule has 1 aromatic heterocycles. The highest BCUT2D eigenvalue weighted by Crippen LogP contribution is 2.51. The Balaban J connectivity index is 1.77. The number of para-hydroxylation sites is 1. The average Bonchev–Trinajstić information content (AvgIpc) is 3.17. The minimum absolute atomic E-state index is 0.0947. The molecule has 0 spiro atoms. The summed E-state index contributed by atoms with van der Waals surface area (Å²) in [6.45, 7) is 4.80. The third kappa shape index (κ3) is 2.23. The van der Waals surface area contributed by atoms with Crippen LogP contribution in [0, 0.1) is 0 Å². The molecule has 4 aromatic rings. The quantitative estimate of drug-likeness (QED) is 0.392. The molecule has 140 valence electrons. The molecule has 0 amide bonds. The molecule has 2 aliphatic carbocycles. The highest BCUT2D eigenvalue weighted by atomic mass is 15.0. The third-order valence-corrected chi connectivity index (χ3v) is 6.96. The van der Waals surface area contributed by atoms with E-state index in [1.54, 1.807) is 5.57 Å². The van der Waals surface area contributed by atoms with E-state index in [1.165, 1.54) is 56.1 Å². The SMILES string of the molecule is Bc1ccc2c(c1)c1cc3c(cc1n2-c1ccccc1)C(C)(C)C1=C3C=CCC1. The molecule has 0 atom stereocenters. The summed E-state index contributed by atoms with van der Waals surface area (Å²) >= 11 is 0. The van der Waals surface area contributed by atoms with Crippen LogP contribution in [-0.2, 0) is 5.41 Å². The lowest BCUT2D eigenvalue weighted by molar-refractivity contribution is 0.608. The molecule has 0 N–H and O–H groups in total. The molecular weight excluding hydrogens is 349 g/mol. The highest BCUT2D eigenvalue weighted by Gasteiger charge is 2.38. The van der Waals surface area contributed by atoms with Crippen LogP contribution in [0.5, 0.6) is 0 Å². The van der Waals surface area contributed by atoms with Crippen LogP contribution < -0.4 is 5.46 Å². The van der Waals surface area contributed by atoms with Crippen LogP contribution in [0.15, 0.2) is 78.4 Å². The molecule has 0 bridgehead atoms. The molecule has 1 heterocycles.